The first-order valence-corrected chi connectivity index (χ1v) is 10.3. The zero-order valence-electron chi connectivity index (χ0n) is 13.6. The summed E-state index contributed by atoms with van der Waals surface area (Å²) in [6.45, 7) is 5.72. The molecule has 0 unspecified atom stereocenters. The fourth-order valence-corrected chi connectivity index (χ4v) is 5.76. The van der Waals surface area contributed by atoms with Gasteiger partial charge in [-0.05, 0) is 43.5 Å². The zero-order valence-corrected chi connectivity index (χ0v) is 15.2. The van der Waals surface area contributed by atoms with Crippen LogP contribution in [0.5, 0.6) is 5.75 Å². The van der Waals surface area contributed by atoms with Crippen molar-refractivity contribution in [2.45, 2.75) is 42.9 Å². The molecule has 1 heterocycles. The minimum atomic E-state index is -3.06. The molecule has 2 rings (SSSR count). The number of hydrogen-bond acceptors (Lipinski definition) is 5. The standard InChI is InChI=1S/C16H23NO4S2/c1-11(2)14(22-13-6-4-12(18)5-7-13)15(19)17-16(3)8-9-23(20,21)10-16/h4-7,11,14,18H,8-10H2,1-3H3,(H,17,19)/t14-,16-/m1/s1. The Kier molecular flexibility index (Phi) is 5.30. The van der Waals surface area contributed by atoms with E-state index in [1.165, 1.54) is 11.8 Å². The van der Waals surface area contributed by atoms with Crippen LogP contribution in [-0.2, 0) is 14.6 Å². The summed E-state index contributed by atoms with van der Waals surface area (Å²) < 4.78 is 23.3. The van der Waals surface area contributed by atoms with Gasteiger partial charge in [0.05, 0.1) is 22.3 Å². The van der Waals surface area contributed by atoms with E-state index in [2.05, 4.69) is 5.32 Å². The van der Waals surface area contributed by atoms with Gasteiger partial charge < -0.3 is 10.4 Å². The minimum absolute atomic E-state index is 0.000428. The Morgan fingerprint density at radius 1 is 1.30 bits per heavy atom. The zero-order chi connectivity index (χ0) is 17.3. The summed E-state index contributed by atoms with van der Waals surface area (Å²) >= 11 is 1.42. The molecular weight excluding hydrogens is 334 g/mol. The smallest absolute Gasteiger partial charge is 0.234 e. The van der Waals surface area contributed by atoms with Crippen molar-refractivity contribution >= 4 is 27.5 Å². The summed E-state index contributed by atoms with van der Waals surface area (Å²) in [6.07, 6.45) is 0.454. The molecule has 23 heavy (non-hydrogen) atoms. The second-order valence-corrected chi connectivity index (χ2v) is 10.1. The fraction of sp³-hybridized carbons (Fsp3) is 0.562. The largest absolute Gasteiger partial charge is 0.508 e. The summed E-state index contributed by atoms with van der Waals surface area (Å²) in [4.78, 5) is 13.5. The average Bonchev–Trinajstić information content (AvgIpc) is 2.71. The minimum Gasteiger partial charge on any atom is -0.508 e. The van der Waals surface area contributed by atoms with E-state index in [0.717, 1.165) is 4.90 Å². The van der Waals surface area contributed by atoms with Crippen LogP contribution >= 0.6 is 11.8 Å². The summed E-state index contributed by atoms with van der Waals surface area (Å²) in [5.74, 6) is 0.262. The van der Waals surface area contributed by atoms with E-state index < -0.39 is 15.4 Å². The molecular formula is C16H23NO4S2. The number of rotatable bonds is 5. The molecule has 128 valence electrons. The van der Waals surface area contributed by atoms with Crippen molar-refractivity contribution in [3.63, 3.8) is 0 Å². The second-order valence-electron chi connectivity index (χ2n) is 6.67. The number of benzene rings is 1. The molecule has 0 radical (unpaired) electrons. The maximum Gasteiger partial charge on any atom is 0.234 e. The molecule has 1 amide bonds. The normalized spacial score (nSPS) is 24.5. The molecule has 7 heteroatoms. The maximum absolute atomic E-state index is 12.7. The van der Waals surface area contributed by atoms with Crippen molar-refractivity contribution in [2.75, 3.05) is 11.5 Å². The Hall–Kier alpha value is -1.21. The van der Waals surface area contributed by atoms with Crippen LogP contribution in [0, 0.1) is 5.92 Å². The average molecular weight is 357 g/mol. The molecule has 1 fully saturated rings. The molecule has 0 bridgehead atoms. The van der Waals surface area contributed by atoms with Crippen LogP contribution in [0.3, 0.4) is 0 Å². The molecule has 1 aromatic carbocycles. The van der Waals surface area contributed by atoms with Gasteiger partial charge >= 0.3 is 0 Å². The lowest BCUT2D eigenvalue weighted by atomic mass is 10.0. The van der Waals surface area contributed by atoms with Crippen LogP contribution in [-0.4, -0.2) is 41.7 Å². The van der Waals surface area contributed by atoms with Gasteiger partial charge in [-0.25, -0.2) is 8.42 Å². The number of hydrogen-bond donors (Lipinski definition) is 2. The number of aromatic hydroxyl groups is 1. The molecule has 0 aliphatic carbocycles. The first kappa shape index (κ1) is 18.1. The molecule has 2 N–H and O–H groups in total. The topological polar surface area (TPSA) is 83.5 Å². The Morgan fingerprint density at radius 3 is 2.39 bits per heavy atom. The summed E-state index contributed by atoms with van der Waals surface area (Å²) in [6, 6.07) is 6.71. The van der Waals surface area contributed by atoms with Gasteiger partial charge in [-0.15, -0.1) is 11.8 Å². The Balaban J connectivity index is 2.08. The van der Waals surface area contributed by atoms with Crippen LogP contribution in [0.15, 0.2) is 29.2 Å². The number of carbonyl (C=O) groups is 1. The lowest BCUT2D eigenvalue weighted by molar-refractivity contribution is -0.122. The third-order valence-electron chi connectivity index (χ3n) is 3.89. The lowest BCUT2D eigenvalue weighted by Gasteiger charge is -2.28. The monoisotopic (exact) mass is 357 g/mol. The predicted octanol–water partition coefficient (Wildman–Crippen LogP) is 2.20. The summed E-state index contributed by atoms with van der Waals surface area (Å²) in [7, 11) is -3.06. The summed E-state index contributed by atoms with van der Waals surface area (Å²) in [5.41, 5.74) is -0.682. The molecule has 1 aromatic rings. The van der Waals surface area contributed by atoms with Crippen molar-refractivity contribution in [2.24, 2.45) is 5.92 Å². The maximum atomic E-state index is 12.7. The highest BCUT2D eigenvalue weighted by atomic mass is 32.2. The Labute approximate surface area is 141 Å². The quantitative estimate of drug-likeness (QED) is 0.790. The van der Waals surface area contributed by atoms with Crippen LogP contribution in [0.2, 0.25) is 0 Å². The van der Waals surface area contributed by atoms with E-state index in [4.69, 9.17) is 0 Å². The molecule has 2 atom stereocenters. The van der Waals surface area contributed by atoms with Crippen molar-refractivity contribution in [3.05, 3.63) is 24.3 Å². The first-order chi connectivity index (χ1) is 10.6. The van der Waals surface area contributed by atoms with Crippen molar-refractivity contribution < 1.29 is 18.3 Å². The van der Waals surface area contributed by atoms with Gasteiger partial charge in [0.15, 0.2) is 9.84 Å². The number of sulfone groups is 1. The fourth-order valence-electron chi connectivity index (χ4n) is 2.64. The first-order valence-electron chi connectivity index (χ1n) is 7.58. The highest BCUT2D eigenvalue weighted by molar-refractivity contribution is 8.00. The Bertz CT molecular complexity index is 670. The van der Waals surface area contributed by atoms with E-state index >= 15 is 0 Å². The predicted molar refractivity (Wildman–Crippen MR) is 92.4 cm³/mol. The van der Waals surface area contributed by atoms with Gasteiger partial charge in [0.1, 0.15) is 5.75 Å². The van der Waals surface area contributed by atoms with Gasteiger partial charge in [0.2, 0.25) is 5.91 Å². The SMILES string of the molecule is CC(C)[C@@H](Sc1ccc(O)cc1)C(=O)N[C@]1(C)CCS(=O)(=O)C1. The molecule has 0 saturated carbocycles. The van der Waals surface area contributed by atoms with E-state index in [1.807, 2.05) is 13.8 Å². The number of amides is 1. The van der Waals surface area contributed by atoms with Crippen molar-refractivity contribution in [1.82, 2.24) is 5.32 Å². The Morgan fingerprint density at radius 2 is 1.91 bits per heavy atom. The van der Waals surface area contributed by atoms with Gasteiger partial charge in [-0.1, -0.05) is 13.8 Å². The van der Waals surface area contributed by atoms with E-state index in [1.54, 1.807) is 31.2 Å². The number of phenols is 1. The number of nitrogens with one attached hydrogen (secondary N) is 1. The lowest BCUT2D eigenvalue weighted by Crippen LogP contribution is -2.50. The van der Waals surface area contributed by atoms with Gasteiger partial charge in [-0.3, -0.25) is 4.79 Å². The van der Waals surface area contributed by atoms with Crippen molar-refractivity contribution in [1.29, 1.82) is 0 Å². The molecule has 1 saturated heterocycles. The van der Waals surface area contributed by atoms with Gasteiger partial charge in [0.25, 0.3) is 0 Å². The number of thioether (sulfide) groups is 1. The van der Waals surface area contributed by atoms with Crippen molar-refractivity contribution in [3.8, 4) is 5.75 Å². The van der Waals surface area contributed by atoms with E-state index in [0.29, 0.717) is 6.42 Å². The molecule has 0 spiro atoms. The van der Waals surface area contributed by atoms with Crippen LogP contribution < -0.4 is 5.32 Å². The third kappa shape index (κ3) is 4.88. The van der Waals surface area contributed by atoms with E-state index in [-0.39, 0.29) is 34.3 Å². The van der Waals surface area contributed by atoms with Crippen LogP contribution in [0.25, 0.3) is 0 Å². The van der Waals surface area contributed by atoms with E-state index in [9.17, 15) is 18.3 Å². The van der Waals surface area contributed by atoms with Crippen LogP contribution in [0.4, 0.5) is 0 Å². The molecule has 1 aliphatic rings. The second kappa shape index (κ2) is 6.73. The van der Waals surface area contributed by atoms with Crippen LogP contribution in [0.1, 0.15) is 27.2 Å². The molecule has 5 nitrogen and oxygen atoms in total. The molecule has 0 aromatic heterocycles. The highest BCUT2D eigenvalue weighted by Gasteiger charge is 2.40. The number of phenolic OH excluding ortho intramolecular Hbond substituents is 1. The summed E-state index contributed by atoms with van der Waals surface area (Å²) in [5, 5.41) is 12.0. The highest BCUT2D eigenvalue weighted by Crippen LogP contribution is 2.31. The third-order valence-corrected chi connectivity index (χ3v) is 7.35. The van der Waals surface area contributed by atoms with Gasteiger partial charge in [-0.2, -0.15) is 0 Å². The number of carbonyl (C=O) groups excluding carboxylic acids is 1. The van der Waals surface area contributed by atoms with Gasteiger partial charge in [0, 0.05) is 4.90 Å². The molecule has 1 aliphatic heterocycles.